The molecule has 1 saturated carbocycles. The number of carbonyl (C=O) groups excluding carboxylic acids is 1. The van der Waals surface area contributed by atoms with Crippen molar-refractivity contribution in [1.82, 2.24) is 20.1 Å². The number of nitrogens with one attached hydrogen (secondary N) is 1. The highest BCUT2D eigenvalue weighted by Crippen LogP contribution is 2.31. The number of thioether (sulfide) groups is 1. The van der Waals surface area contributed by atoms with Crippen LogP contribution in [0.4, 0.5) is 0 Å². The summed E-state index contributed by atoms with van der Waals surface area (Å²) in [5.41, 5.74) is 0.963. The van der Waals surface area contributed by atoms with Crippen LogP contribution in [0.25, 0.3) is 11.4 Å². The van der Waals surface area contributed by atoms with E-state index in [0.29, 0.717) is 11.8 Å². The molecule has 1 aliphatic carbocycles. The van der Waals surface area contributed by atoms with Gasteiger partial charge in [0, 0.05) is 18.7 Å². The van der Waals surface area contributed by atoms with Crippen molar-refractivity contribution in [3.8, 4) is 17.1 Å². The van der Waals surface area contributed by atoms with E-state index < -0.39 is 0 Å². The summed E-state index contributed by atoms with van der Waals surface area (Å²) >= 11 is 1.44. The van der Waals surface area contributed by atoms with Crippen LogP contribution < -0.4 is 10.1 Å². The van der Waals surface area contributed by atoms with Gasteiger partial charge in [-0.15, -0.1) is 10.2 Å². The molecule has 1 aromatic carbocycles. The number of benzene rings is 1. The second-order valence-corrected chi connectivity index (χ2v) is 9.04. The van der Waals surface area contributed by atoms with Crippen molar-refractivity contribution in [2.24, 2.45) is 18.9 Å². The molecule has 0 unspecified atom stereocenters. The molecule has 152 valence electrons. The summed E-state index contributed by atoms with van der Waals surface area (Å²) < 4.78 is 7.14. The van der Waals surface area contributed by atoms with E-state index in [1.807, 2.05) is 42.8 Å². The van der Waals surface area contributed by atoms with E-state index in [-0.39, 0.29) is 17.2 Å². The second-order valence-electron chi connectivity index (χ2n) is 7.74. The van der Waals surface area contributed by atoms with Crippen molar-refractivity contribution >= 4 is 17.7 Å². The lowest BCUT2D eigenvalue weighted by Crippen LogP contribution is -2.46. The predicted molar refractivity (Wildman–Crippen MR) is 112 cm³/mol. The van der Waals surface area contributed by atoms with Crippen molar-refractivity contribution in [3.05, 3.63) is 24.3 Å². The average Bonchev–Trinajstić information content (AvgIpc) is 3.05. The van der Waals surface area contributed by atoms with Crippen molar-refractivity contribution < 1.29 is 9.53 Å². The molecule has 1 heterocycles. The Morgan fingerprint density at radius 2 is 1.96 bits per heavy atom. The summed E-state index contributed by atoms with van der Waals surface area (Å²) in [6, 6.07) is 7.99. The molecule has 0 bridgehead atoms. The number of amides is 1. The number of methoxy groups -OCH3 is 1. The van der Waals surface area contributed by atoms with Crippen LogP contribution in [0.3, 0.4) is 0 Å². The number of ether oxygens (including phenoxy) is 1. The molecule has 0 radical (unpaired) electrons. The van der Waals surface area contributed by atoms with Crippen LogP contribution in [0, 0.1) is 11.8 Å². The van der Waals surface area contributed by atoms with E-state index in [2.05, 4.69) is 29.4 Å². The Morgan fingerprint density at radius 1 is 1.25 bits per heavy atom. The summed E-state index contributed by atoms with van der Waals surface area (Å²) in [5.74, 6) is 2.83. The quantitative estimate of drug-likeness (QED) is 0.742. The molecular formula is C21H30N4O2S. The molecule has 6 nitrogen and oxygen atoms in total. The summed E-state index contributed by atoms with van der Waals surface area (Å²) in [5, 5.41) is 12.4. The van der Waals surface area contributed by atoms with Crippen molar-refractivity contribution in [1.29, 1.82) is 0 Å². The molecular weight excluding hydrogens is 372 g/mol. The molecule has 1 aliphatic rings. The van der Waals surface area contributed by atoms with Gasteiger partial charge in [-0.3, -0.25) is 4.79 Å². The van der Waals surface area contributed by atoms with E-state index in [1.54, 1.807) is 7.11 Å². The minimum absolute atomic E-state index is 0.0740. The number of hydrogen-bond donors (Lipinski definition) is 1. The lowest BCUT2D eigenvalue weighted by Gasteiger charge is -2.35. The van der Waals surface area contributed by atoms with Gasteiger partial charge in [0.15, 0.2) is 11.0 Å². The molecule has 28 heavy (non-hydrogen) atoms. The van der Waals surface area contributed by atoms with Crippen LogP contribution in [0.2, 0.25) is 0 Å². The van der Waals surface area contributed by atoms with Gasteiger partial charge in [0.1, 0.15) is 5.75 Å². The minimum Gasteiger partial charge on any atom is -0.497 e. The van der Waals surface area contributed by atoms with Gasteiger partial charge >= 0.3 is 0 Å². The fourth-order valence-electron chi connectivity index (χ4n) is 3.71. The number of rotatable bonds is 6. The maximum Gasteiger partial charge on any atom is 0.233 e. The summed E-state index contributed by atoms with van der Waals surface area (Å²) in [4.78, 5) is 12.7. The number of nitrogens with zero attached hydrogens (tertiary/aromatic N) is 3. The van der Waals surface area contributed by atoms with Gasteiger partial charge in [-0.2, -0.15) is 0 Å². The van der Waals surface area contributed by atoms with E-state index in [9.17, 15) is 4.79 Å². The second kappa shape index (κ2) is 8.99. The molecule has 1 amide bonds. The smallest absolute Gasteiger partial charge is 0.233 e. The lowest BCUT2D eigenvalue weighted by molar-refractivity contribution is -0.121. The van der Waals surface area contributed by atoms with Gasteiger partial charge in [0.2, 0.25) is 5.91 Å². The molecule has 2 aromatic rings. The van der Waals surface area contributed by atoms with E-state index >= 15 is 0 Å². The maximum atomic E-state index is 12.7. The normalized spacial score (nSPS) is 23.2. The highest BCUT2D eigenvalue weighted by atomic mass is 32.2. The van der Waals surface area contributed by atoms with E-state index in [4.69, 9.17) is 4.74 Å². The summed E-state index contributed by atoms with van der Waals surface area (Å²) in [6.07, 6.45) is 3.51. The van der Waals surface area contributed by atoms with Crippen LogP contribution in [-0.4, -0.2) is 39.1 Å². The van der Waals surface area contributed by atoms with Gasteiger partial charge in [0.25, 0.3) is 0 Å². The molecule has 0 saturated heterocycles. The molecule has 0 aliphatic heterocycles. The van der Waals surface area contributed by atoms with Crippen LogP contribution in [0.5, 0.6) is 5.75 Å². The molecule has 1 fully saturated rings. The standard InChI is InChI=1S/C21H30N4O2S/c1-13-7-6-8-18(14(13)2)22-20(26)15(3)28-21-24-23-19(25(21)4)16-9-11-17(27-5)12-10-16/h9-15,18H,6-8H2,1-5H3,(H,22,26)/t13-,14+,15+,18-/m0/s1. The molecule has 1 aromatic heterocycles. The zero-order valence-corrected chi connectivity index (χ0v) is 18.1. The summed E-state index contributed by atoms with van der Waals surface area (Å²) in [7, 11) is 3.57. The number of aromatic nitrogens is 3. The summed E-state index contributed by atoms with van der Waals surface area (Å²) in [6.45, 7) is 6.45. The Balaban J connectivity index is 1.64. The third-order valence-electron chi connectivity index (χ3n) is 5.87. The average molecular weight is 403 g/mol. The zero-order chi connectivity index (χ0) is 20.3. The Bertz CT molecular complexity index is 805. The third kappa shape index (κ3) is 4.51. The monoisotopic (exact) mass is 402 g/mol. The fraction of sp³-hybridized carbons (Fsp3) is 0.571. The number of hydrogen-bond acceptors (Lipinski definition) is 5. The molecule has 1 N–H and O–H groups in total. The van der Waals surface area contributed by atoms with Crippen LogP contribution in [0.1, 0.15) is 40.0 Å². The van der Waals surface area contributed by atoms with Crippen LogP contribution in [-0.2, 0) is 11.8 Å². The Kier molecular flexibility index (Phi) is 6.65. The molecule has 4 atom stereocenters. The Labute approximate surface area is 171 Å². The topological polar surface area (TPSA) is 69.0 Å². The van der Waals surface area contributed by atoms with Crippen LogP contribution >= 0.6 is 11.8 Å². The van der Waals surface area contributed by atoms with Crippen molar-refractivity contribution in [3.63, 3.8) is 0 Å². The lowest BCUT2D eigenvalue weighted by atomic mass is 9.78. The first-order valence-corrected chi connectivity index (χ1v) is 10.8. The van der Waals surface area contributed by atoms with Gasteiger partial charge in [-0.05, 0) is 49.4 Å². The van der Waals surface area contributed by atoms with Gasteiger partial charge in [-0.25, -0.2) is 0 Å². The molecule has 7 heteroatoms. The first-order chi connectivity index (χ1) is 13.4. The van der Waals surface area contributed by atoms with Crippen molar-refractivity contribution in [2.45, 2.75) is 56.5 Å². The largest absolute Gasteiger partial charge is 0.497 e. The van der Waals surface area contributed by atoms with Gasteiger partial charge in [-0.1, -0.05) is 38.5 Å². The Morgan fingerprint density at radius 3 is 2.64 bits per heavy atom. The fourth-order valence-corrected chi connectivity index (χ4v) is 4.53. The highest BCUT2D eigenvalue weighted by molar-refractivity contribution is 8.00. The SMILES string of the molecule is COc1ccc(-c2nnc(S[C@H](C)C(=O)N[C@H]3CCC[C@H](C)[C@H]3C)n2C)cc1. The first kappa shape index (κ1) is 20.7. The predicted octanol–water partition coefficient (Wildman–Crippen LogP) is 3.91. The Hall–Kier alpha value is -2.02. The van der Waals surface area contributed by atoms with Gasteiger partial charge < -0.3 is 14.6 Å². The van der Waals surface area contributed by atoms with E-state index in [1.165, 1.54) is 24.6 Å². The molecule has 3 rings (SSSR count). The first-order valence-electron chi connectivity index (χ1n) is 9.91. The third-order valence-corrected chi connectivity index (χ3v) is 7.00. The zero-order valence-electron chi connectivity index (χ0n) is 17.3. The van der Waals surface area contributed by atoms with Gasteiger partial charge in [0.05, 0.1) is 12.4 Å². The van der Waals surface area contributed by atoms with Crippen molar-refractivity contribution in [2.75, 3.05) is 7.11 Å². The molecule has 0 spiro atoms. The highest BCUT2D eigenvalue weighted by Gasteiger charge is 2.30. The minimum atomic E-state index is -0.226. The number of carbonyl (C=O) groups is 1. The van der Waals surface area contributed by atoms with Crippen LogP contribution in [0.15, 0.2) is 29.4 Å². The maximum absolute atomic E-state index is 12.7. The van der Waals surface area contributed by atoms with E-state index in [0.717, 1.165) is 28.7 Å².